The van der Waals surface area contributed by atoms with Crippen LogP contribution in [0.4, 0.5) is 5.82 Å². The summed E-state index contributed by atoms with van der Waals surface area (Å²) in [5.74, 6) is -0.456. The second kappa shape index (κ2) is 6.53. The van der Waals surface area contributed by atoms with Crippen LogP contribution in [-0.4, -0.2) is 58.0 Å². The minimum Gasteiger partial charge on any atom is -0.505 e. The van der Waals surface area contributed by atoms with E-state index in [1.165, 1.54) is 12.3 Å². The summed E-state index contributed by atoms with van der Waals surface area (Å²) >= 11 is 0. The third-order valence-corrected chi connectivity index (χ3v) is 3.91. The summed E-state index contributed by atoms with van der Waals surface area (Å²) in [5, 5.41) is 9.76. The molecule has 24 heavy (non-hydrogen) atoms. The second-order valence-corrected chi connectivity index (χ2v) is 5.39. The quantitative estimate of drug-likeness (QED) is 0.835. The normalized spacial score (nSPS) is 14.5. The molecule has 3 N–H and O–H groups in total. The third-order valence-electron chi connectivity index (χ3n) is 3.91. The number of amides is 2. The zero-order valence-corrected chi connectivity index (χ0v) is 12.9. The molecule has 2 aromatic heterocycles. The fourth-order valence-electron chi connectivity index (χ4n) is 2.67. The van der Waals surface area contributed by atoms with Gasteiger partial charge in [-0.1, -0.05) is 0 Å². The molecule has 3 heterocycles. The number of pyridine rings is 2. The number of nitrogens with zero attached hydrogens (tertiary/aromatic N) is 4. The van der Waals surface area contributed by atoms with Gasteiger partial charge in [-0.3, -0.25) is 9.59 Å². The average molecular weight is 327 g/mol. The van der Waals surface area contributed by atoms with E-state index in [0.29, 0.717) is 37.6 Å². The van der Waals surface area contributed by atoms with E-state index in [2.05, 4.69) is 9.97 Å². The summed E-state index contributed by atoms with van der Waals surface area (Å²) in [6, 6.07) is 6.29. The smallest absolute Gasteiger partial charge is 0.276 e. The van der Waals surface area contributed by atoms with Crippen molar-refractivity contribution in [3.8, 4) is 5.75 Å². The lowest BCUT2D eigenvalue weighted by molar-refractivity contribution is 0.0736. The van der Waals surface area contributed by atoms with Crippen LogP contribution in [-0.2, 0) is 0 Å². The van der Waals surface area contributed by atoms with Gasteiger partial charge in [-0.05, 0) is 24.3 Å². The number of aromatic hydroxyl groups is 1. The predicted molar refractivity (Wildman–Crippen MR) is 86.8 cm³/mol. The van der Waals surface area contributed by atoms with Gasteiger partial charge in [0.05, 0.1) is 5.56 Å². The minimum atomic E-state index is -0.532. The van der Waals surface area contributed by atoms with E-state index in [1.54, 1.807) is 29.3 Å². The number of carbonyl (C=O) groups is 2. The van der Waals surface area contributed by atoms with E-state index in [4.69, 9.17) is 5.73 Å². The number of nitrogens with two attached hydrogens (primary N) is 1. The van der Waals surface area contributed by atoms with Crippen molar-refractivity contribution in [1.29, 1.82) is 0 Å². The van der Waals surface area contributed by atoms with E-state index in [0.717, 1.165) is 0 Å². The van der Waals surface area contributed by atoms with E-state index in [9.17, 15) is 14.7 Å². The maximum atomic E-state index is 12.4. The van der Waals surface area contributed by atoms with Crippen molar-refractivity contribution < 1.29 is 14.7 Å². The van der Waals surface area contributed by atoms with Crippen molar-refractivity contribution in [2.45, 2.75) is 0 Å². The molecule has 8 heteroatoms. The topological polar surface area (TPSA) is 113 Å². The third kappa shape index (κ3) is 2.98. The van der Waals surface area contributed by atoms with Crippen LogP contribution in [0.15, 0.2) is 36.7 Å². The lowest BCUT2D eigenvalue weighted by atomic mass is 10.2. The molecule has 1 aliphatic rings. The van der Waals surface area contributed by atoms with Crippen LogP contribution in [0.3, 0.4) is 0 Å². The first-order valence-corrected chi connectivity index (χ1v) is 7.51. The highest BCUT2D eigenvalue weighted by molar-refractivity contribution is 5.98. The molecule has 0 saturated carbocycles. The average Bonchev–Trinajstić information content (AvgIpc) is 2.62. The first kappa shape index (κ1) is 15.7. The van der Waals surface area contributed by atoms with Gasteiger partial charge in [0, 0.05) is 38.6 Å². The maximum Gasteiger partial charge on any atom is 0.276 e. The van der Waals surface area contributed by atoms with Crippen LogP contribution < -0.4 is 10.6 Å². The zero-order chi connectivity index (χ0) is 17.1. The molecule has 0 aromatic carbocycles. The number of rotatable bonds is 3. The number of anilines is 1. The molecule has 0 aliphatic carbocycles. The fourth-order valence-corrected chi connectivity index (χ4v) is 2.67. The Hall–Kier alpha value is -3.16. The number of hydrogen-bond donors (Lipinski definition) is 2. The minimum absolute atomic E-state index is 0.0432. The molecule has 0 spiro atoms. The Bertz CT molecular complexity index is 772. The van der Waals surface area contributed by atoms with Gasteiger partial charge >= 0.3 is 0 Å². The lowest BCUT2D eigenvalue weighted by Gasteiger charge is -2.35. The van der Waals surface area contributed by atoms with Crippen LogP contribution in [0.25, 0.3) is 0 Å². The van der Waals surface area contributed by atoms with Crippen LogP contribution >= 0.6 is 0 Å². The standard InChI is InChI=1S/C16H17N5O3/c17-14(23)11-3-1-6-19-15(11)20-7-9-21(10-8-20)16(24)13-12(22)4-2-5-18-13/h1-6,22H,7-10H2,(H2,17,23). The van der Waals surface area contributed by atoms with Crippen molar-refractivity contribution in [3.63, 3.8) is 0 Å². The molecule has 0 bridgehead atoms. The Morgan fingerprint density at radius 3 is 2.38 bits per heavy atom. The van der Waals surface area contributed by atoms with Crippen molar-refractivity contribution in [2.75, 3.05) is 31.1 Å². The molecule has 0 atom stereocenters. The van der Waals surface area contributed by atoms with Crippen molar-refractivity contribution >= 4 is 17.6 Å². The Morgan fingerprint density at radius 2 is 1.71 bits per heavy atom. The Balaban J connectivity index is 1.72. The largest absolute Gasteiger partial charge is 0.505 e. The predicted octanol–water partition coefficient (Wildman–Crippen LogP) is 0.243. The molecule has 2 aromatic rings. The zero-order valence-electron chi connectivity index (χ0n) is 12.9. The monoisotopic (exact) mass is 327 g/mol. The van der Waals surface area contributed by atoms with E-state index in [-0.39, 0.29) is 17.4 Å². The molecule has 3 rings (SSSR count). The Labute approximate surface area is 138 Å². The molecule has 1 aliphatic heterocycles. The summed E-state index contributed by atoms with van der Waals surface area (Å²) in [7, 11) is 0. The van der Waals surface area contributed by atoms with Gasteiger partial charge < -0.3 is 20.6 Å². The van der Waals surface area contributed by atoms with E-state index < -0.39 is 5.91 Å². The molecule has 8 nitrogen and oxygen atoms in total. The SMILES string of the molecule is NC(=O)c1cccnc1N1CCN(C(=O)c2ncccc2O)CC1. The van der Waals surface area contributed by atoms with Gasteiger partial charge in [0.1, 0.15) is 11.6 Å². The number of piperazine rings is 1. The van der Waals surface area contributed by atoms with Gasteiger partial charge in [0.25, 0.3) is 11.8 Å². The van der Waals surface area contributed by atoms with Crippen LogP contribution in [0.1, 0.15) is 20.8 Å². The van der Waals surface area contributed by atoms with Crippen molar-refractivity contribution in [1.82, 2.24) is 14.9 Å². The van der Waals surface area contributed by atoms with Crippen molar-refractivity contribution in [3.05, 3.63) is 47.9 Å². The molecule has 0 unspecified atom stereocenters. The van der Waals surface area contributed by atoms with Gasteiger partial charge in [-0.2, -0.15) is 0 Å². The summed E-state index contributed by atoms with van der Waals surface area (Å²) in [6.45, 7) is 1.89. The maximum absolute atomic E-state index is 12.4. The molecular formula is C16H17N5O3. The number of hydrogen-bond acceptors (Lipinski definition) is 6. The summed E-state index contributed by atoms with van der Waals surface area (Å²) in [6.07, 6.45) is 3.07. The Kier molecular flexibility index (Phi) is 4.28. The highest BCUT2D eigenvalue weighted by Gasteiger charge is 2.26. The Morgan fingerprint density at radius 1 is 1.04 bits per heavy atom. The van der Waals surface area contributed by atoms with E-state index >= 15 is 0 Å². The van der Waals surface area contributed by atoms with Crippen LogP contribution in [0, 0.1) is 0 Å². The fraction of sp³-hybridized carbons (Fsp3) is 0.250. The number of carbonyl (C=O) groups excluding carboxylic acids is 2. The summed E-state index contributed by atoms with van der Waals surface area (Å²) in [5.41, 5.74) is 5.79. The van der Waals surface area contributed by atoms with Gasteiger partial charge in [0.15, 0.2) is 5.69 Å². The highest BCUT2D eigenvalue weighted by atomic mass is 16.3. The molecule has 124 valence electrons. The molecule has 1 fully saturated rings. The van der Waals surface area contributed by atoms with E-state index in [1.807, 2.05) is 4.90 Å². The van der Waals surface area contributed by atoms with Crippen molar-refractivity contribution in [2.24, 2.45) is 5.73 Å². The second-order valence-electron chi connectivity index (χ2n) is 5.39. The van der Waals surface area contributed by atoms with Gasteiger partial charge in [-0.15, -0.1) is 0 Å². The first-order chi connectivity index (χ1) is 11.6. The molecular weight excluding hydrogens is 310 g/mol. The molecule has 0 radical (unpaired) electrons. The van der Waals surface area contributed by atoms with Gasteiger partial charge in [0.2, 0.25) is 0 Å². The molecule has 1 saturated heterocycles. The summed E-state index contributed by atoms with van der Waals surface area (Å²) in [4.78, 5) is 35.7. The number of primary amides is 1. The van der Waals surface area contributed by atoms with Crippen LogP contribution in [0.2, 0.25) is 0 Å². The highest BCUT2D eigenvalue weighted by Crippen LogP contribution is 2.20. The lowest BCUT2D eigenvalue weighted by Crippen LogP contribution is -2.49. The summed E-state index contributed by atoms with van der Waals surface area (Å²) < 4.78 is 0. The van der Waals surface area contributed by atoms with Gasteiger partial charge in [-0.25, -0.2) is 9.97 Å². The van der Waals surface area contributed by atoms with Crippen LogP contribution in [0.5, 0.6) is 5.75 Å². The molecule has 2 amide bonds. The number of aromatic nitrogens is 2. The first-order valence-electron chi connectivity index (χ1n) is 7.51.